The van der Waals surface area contributed by atoms with E-state index in [0.717, 1.165) is 11.1 Å². The Morgan fingerprint density at radius 3 is 2.66 bits per heavy atom. The van der Waals surface area contributed by atoms with Crippen LogP contribution in [0.15, 0.2) is 60.0 Å². The number of halogens is 3. The highest BCUT2D eigenvalue weighted by atomic mass is 32.2. The summed E-state index contributed by atoms with van der Waals surface area (Å²) in [4.78, 5) is 0. The maximum atomic E-state index is 12.3. The first-order valence-electron chi connectivity index (χ1n) is 8.20. The van der Waals surface area contributed by atoms with Gasteiger partial charge in [0.1, 0.15) is 11.8 Å². The van der Waals surface area contributed by atoms with Crippen LogP contribution < -0.4 is 4.74 Å². The van der Waals surface area contributed by atoms with Crippen LogP contribution in [-0.4, -0.2) is 31.0 Å². The summed E-state index contributed by atoms with van der Waals surface area (Å²) in [7, 11) is 0. The van der Waals surface area contributed by atoms with Crippen molar-refractivity contribution in [1.29, 1.82) is 5.26 Å². The number of tetrazole rings is 1. The third-order valence-corrected chi connectivity index (χ3v) is 4.95. The Morgan fingerprint density at radius 2 is 1.93 bits per heavy atom. The van der Waals surface area contributed by atoms with Gasteiger partial charge in [-0.15, -0.1) is 18.3 Å². The van der Waals surface area contributed by atoms with E-state index in [1.165, 1.54) is 40.7 Å². The van der Waals surface area contributed by atoms with Crippen molar-refractivity contribution in [2.45, 2.75) is 17.3 Å². The lowest BCUT2D eigenvalue weighted by atomic mass is 10.2. The molecular weight excluding hydrogens is 405 g/mol. The van der Waals surface area contributed by atoms with Crippen LogP contribution in [0.3, 0.4) is 0 Å². The van der Waals surface area contributed by atoms with Crippen LogP contribution in [0.5, 0.6) is 5.75 Å². The number of alkyl halides is 3. The standard InChI is InChI=1S/C18H11F3N6OS/c19-18(20,21)28-14-6-4-13(5-7-14)27-17(23-24-25-27)29-11-12-10-26-8-2-1-3-16(26)15(12)9-22/h1-8,10H,11H2. The summed E-state index contributed by atoms with van der Waals surface area (Å²) >= 11 is 1.31. The fraction of sp³-hybridized carbons (Fsp3) is 0.111. The van der Waals surface area contributed by atoms with E-state index in [-0.39, 0.29) is 5.75 Å². The summed E-state index contributed by atoms with van der Waals surface area (Å²) < 4.78 is 44.0. The van der Waals surface area contributed by atoms with Gasteiger partial charge < -0.3 is 9.14 Å². The molecule has 146 valence electrons. The van der Waals surface area contributed by atoms with Gasteiger partial charge in [0.05, 0.1) is 16.8 Å². The van der Waals surface area contributed by atoms with Crippen molar-refractivity contribution >= 4 is 17.3 Å². The lowest BCUT2D eigenvalue weighted by Gasteiger charge is -2.09. The highest BCUT2D eigenvalue weighted by Crippen LogP contribution is 2.28. The first-order valence-corrected chi connectivity index (χ1v) is 9.19. The molecule has 0 saturated heterocycles. The fourth-order valence-corrected chi connectivity index (χ4v) is 3.64. The van der Waals surface area contributed by atoms with Crippen molar-refractivity contribution in [2.24, 2.45) is 0 Å². The number of ether oxygens (including phenoxy) is 1. The molecule has 0 unspecified atom stereocenters. The Hall–Kier alpha value is -3.52. The SMILES string of the molecule is N#Cc1c(CSc2nnnn2-c2ccc(OC(F)(F)F)cc2)cn2ccccc12. The minimum absolute atomic E-state index is 0.331. The minimum Gasteiger partial charge on any atom is -0.406 e. The number of rotatable bonds is 5. The van der Waals surface area contributed by atoms with Crippen LogP contribution in [-0.2, 0) is 5.75 Å². The van der Waals surface area contributed by atoms with Crippen LogP contribution in [0.4, 0.5) is 13.2 Å². The Balaban J connectivity index is 1.54. The van der Waals surface area contributed by atoms with Crippen LogP contribution in [0.25, 0.3) is 11.2 Å². The van der Waals surface area contributed by atoms with Gasteiger partial charge in [0.15, 0.2) is 0 Å². The highest BCUT2D eigenvalue weighted by Gasteiger charge is 2.31. The van der Waals surface area contributed by atoms with Crippen molar-refractivity contribution in [3.8, 4) is 17.5 Å². The second-order valence-corrected chi connectivity index (χ2v) is 6.78. The second-order valence-electron chi connectivity index (χ2n) is 5.84. The van der Waals surface area contributed by atoms with E-state index in [1.54, 1.807) is 0 Å². The third-order valence-electron chi connectivity index (χ3n) is 3.99. The van der Waals surface area contributed by atoms with Gasteiger partial charge in [-0.1, -0.05) is 17.8 Å². The predicted molar refractivity (Wildman–Crippen MR) is 97.5 cm³/mol. The highest BCUT2D eigenvalue weighted by molar-refractivity contribution is 7.98. The smallest absolute Gasteiger partial charge is 0.406 e. The maximum Gasteiger partial charge on any atom is 0.573 e. The molecule has 0 aliphatic carbocycles. The summed E-state index contributed by atoms with van der Waals surface area (Å²) in [5, 5.41) is 21.4. The average molecular weight is 416 g/mol. The number of hydrogen-bond acceptors (Lipinski definition) is 6. The number of thioether (sulfide) groups is 1. The van der Waals surface area contributed by atoms with Crippen LogP contribution >= 0.6 is 11.8 Å². The van der Waals surface area contributed by atoms with Gasteiger partial charge in [0, 0.05) is 18.1 Å². The molecule has 7 nitrogen and oxygen atoms in total. The van der Waals surface area contributed by atoms with Crippen molar-refractivity contribution < 1.29 is 17.9 Å². The van der Waals surface area contributed by atoms with Gasteiger partial charge in [-0.25, -0.2) is 0 Å². The third kappa shape index (κ3) is 4.02. The minimum atomic E-state index is -4.75. The molecule has 11 heteroatoms. The first kappa shape index (κ1) is 18.8. The molecule has 0 spiro atoms. The molecule has 4 aromatic rings. The van der Waals surface area contributed by atoms with E-state index in [0.29, 0.717) is 22.2 Å². The summed E-state index contributed by atoms with van der Waals surface area (Å²) in [6, 6.07) is 13.0. The fourth-order valence-electron chi connectivity index (χ4n) is 2.78. The number of pyridine rings is 1. The van der Waals surface area contributed by atoms with Crippen LogP contribution in [0.1, 0.15) is 11.1 Å². The predicted octanol–water partition coefficient (Wildman–Crippen LogP) is 3.98. The molecule has 4 rings (SSSR count). The molecule has 0 bridgehead atoms. The Morgan fingerprint density at radius 1 is 1.14 bits per heavy atom. The molecule has 3 aromatic heterocycles. The number of fused-ring (bicyclic) bond motifs is 1. The van der Waals surface area contributed by atoms with Gasteiger partial charge in [0.2, 0.25) is 5.16 Å². The molecular formula is C18H11F3N6OS. The number of hydrogen-bond donors (Lipinski definition) is 0. The average Bonchev–Trinajstić information content (AvgIpc) is 3.29. The molecule has 0 N–H and O–H groups in total. The van der Waals surface area contributed by atoms with E-state index in [2.05, 4.69) is 26.3 Å². The molecule has 0 radical (unpaired) electrons. The van der Waals surface area contributed by atoms with Gasteiger partial charge in [-0.2, -0.15) is 9.94 Å². The second kappa shape index (κ2) is 7.48. The molecule has 0 aliphatic rings. The van der Waals surface area contributed by atoms with E-state index >= 15 is 0 Å². The Labute approximate surface area is 166 Å². The van der Waals surface area contributed by atoms with Crippen LogP contribution in [0.2, 0.25) is 0 Å². The summed E-state index contributed by atoms with van der Waals surface area (Å²) in [5.74, 6) is 0.114. The maximum absolute atomic E-state index is 12.3. The van der Waals surface area contributed by atoms with Crippen molar-refractivity contribution in [3.05, 3.63) is 66.0 Å². The van der Waals surface area contributed by atoms with Gasteiger partial charge >= 0.3 is 6.36 Å². The molecule has 0 aliphatic heterocycles. The van der Waals surface area contributed by atoms with Crippen molar-refractivity contribution in [3.63, 3.8) is 0 Å². The molecule has 29 heavy (non-hydrogen) atoms. The zero-order valence-electron chi connectivity index (χ0n) is 14.5. The number of nitrogens with zero attached hydrogens (tertiary/aromatic N) is 6. The molecule has 0 saturated carbocycles. The first-order chi connectivity index (χ1) is 13.9. The van der Waals surface area contributed by atoms with Crippen LogP contribution in [0, 0.1) is 11.3 Å². The van der Waals surface area contributed by atoms with Gasteiger partial charge in [0.25, 0.3) is 0 Å². The normalized spacial score (nSPS) is 11.5. The molecule has 1 aromatic carbocycles. The lowest BCUT2D eigenvalue weighted by Crippen LogP contribution is -2.17. The Bertz CT molecular complexity index is 1190. The van der Waals surface area contributed by atoms with E-state index in [1.807, 2.05) is 35.0 Å². The van der Waals surface area contributed by atoms with E-state index < -0.39 is 6.36 Å². The molecule has 0 amide bonds. The largest absolute Gasteiger partial charge is 0.573 e. The number of benzene rings is 1. The quantitative estimate of drug-likeness (QED) is 0.458. The van der Waals surface area contributed by atoms with Gasteiger partial charge in [-0.05, 0) is 52.4 Å². The zero-order chi connectivity index (χ0) is 20.4. The summed E-state index contributed by atoms with van der Waals surface area (Å²) in [6.07, 6.45) is -1.02. The van der Waals surface area contributed by atoms with Crippen molar-refractivity contribution in [1.82, 2.24) is 24.6 Å². The molecule has 0 fully saturated rings. The van der Waals surface area contributed by atoms with E-state index in [9.17, 15) is 18.4 Å². The van der Waals surface area contributed by atoms with E-state index in [4.69, 9.17) is 0 Å². The zero-order valence-corrected chi connectivity index (χ0v) is 15.4. The Kier molecular flexibility index (Phi) is 4.85. The lowest BCUT2D eigenvalue weighted by molar-refractivity contribution is -0.274. The number of aromatic nitrogens is 5. The number of nitriles is 1. The summed E-state index contributed by atoms with van der Waals surface area (Å²) in [6.45, 7) is 0. The molecule has 3 heterocycles. The topological polar surface area (TPSA) is 81.0 Å². The molecule has 0 atom stereocenters. The van der Waals surface area contributed by atoms with Crippen molar-refractivity contribution in [2.75, 3.05) is 0 Å². The monoisotopic (exact) mass is 416 g/mol. The van der Waals surface area contributed by atoms with Gasteiger partial charge in [-0.3, -0.25) is 0 Å². The summed E-state index contributed by atoms with van der Waals surface area (Å²) in [5.41, 5.74) is 2.69.